The number of nitrogens with zero attached hydrogens (tertiary/aromatic N) is 7. The maximum atomic E-state index is 12.3. The van der Waals surface area contributed by atoms with Crippen molar-refractivity contribution in [3.05, 3.63) is 54.5 Å². The summed E-state index contributed by atoms with van der Waals surface area (Å²) in [6, 6.07) is 13.4. The lowest BCUT2D eigenvalue weighted by molar-refractivity contribution is -0.141. The van der Waals surface area contributed by atoms with Crippen molar-refractivity contribution in [2.75, 3.05) is 7.11 Å². The van der Waals surface area contributed by atoms with Gasteiger partial charge in [0.15, 0.2) is 16.9 Å². The summed E-state index contributed by atoms with van der Waals surface area (Å²) in [6.07, 6.45) is 5.50. The summed E-state index contributed by atoms with van der Waals surface area (Å²) in [5.74, 6) is -1.13. The second-order valence-electron chi connectivity index (χ2n) is 7.23. The minimum Gasteiger partial charge on any atom is -0.468 e. The SMILES string of the molecule is COC(=O)C(C#N)c1nc2ccccc2nc1Sc1nnc(-c2ccncc2)n1C1CC1. The van der Waals surface area contributed by atoms with Crippen molar-refractivity contribution >= 4 is 28.8 Å². The smallest absolute Gasteiger partial charge is 0.329 e. The lowest BCUT2D eigenvalue weighted by Crippen LogP contribution is -2.16. The quantitative estimate of drug-likeness (QED) is 0.412. The van der Waals surface area contributed by atoms with E-state index in [2.05, 4.69) is 24.7 Å². The van der Waals surface area contributed by atoms with Gasteiger partial charge < -0.3 is 4.74 Å². The van der Waals surface area contributed by atoms with E-state index in [1.807, 2.05) is 36.4 Å². The number of carbonyl (C=O) groups is 1. The van der Waals surface area contributed by atoms with Crippen LogP contribution in [0.5, 0.6) is 0 Å². The second-order valence-corrected chi connectivity index (χ2v) is 8.19. The number of rotatable bonds is 6. The molecule has 1 atom stereocenters. The highest BCUT2D eigenvalue weighted by Gasteiger charge is 2.33. The minimum absolute atomic E-state index is 0.249. The molecule has 3 heterocycles. The van der Waals surface area contributed by atoms with Crippen molar-refractivity contribution in [2.45, 2.75) is 35.0 Å². The number of para-hydroxylation sites is 2. The van der Waals surface area contributed by atoms with Gasteiger partial charge in [0.2, 0.25) is 0 Å². The number of pyridine rings is 1. The topological polar surface area (TPSA) is 119 Å². The number of methoxy groups -OCH3 is 1. The normalized spacial score (nSPS) is 14.1. The van der Waals surface area contributed by atoms with Crippen LogP contribution in [0.4, 0.5) is 0 Å². The van der Waals surface area contributed by atoms with Crippen molar-refractivity contribution in [3.8, 4) is 17.5 Å². The van der Waals surface area contributed by atoms with Crippen LogP contribution >= 0.6 is 11.8 Å². The molecule has 158 valence electrons. The van der Waals surface area contributed by atoms with Gasteiger partial charge in [0.1, 0.15) is 10.7 Å². The fraction of sp³-hybridized carbons (Fsp3) is 0.227. The molecule has 1 aliphatic rings. The number of carbonyl (C=O) groups excluding carboxylic acids is 1. The van der Waals surface area contributed by atoms with Gasteiger partial charge in [-0.1, -0.05) is 12.1 Å². The zero-order valence-electron chi connectivity index (χ0n) is 17.0. The van der Waals surface area contributed by atoms with Crippen LogP contribution in [-0.4, -0.2) is 42.8 Å². The largest absolute Gasteiger partial charge is 0.468 e. The summed E-state index contributed by atoms with van der Waals surface area (Å²) in [5.41, 5.74) is 2.42. The predicted octanol–water partition coefficient (Wildman–Crippen LogP) is 3.55. The number of aromatic nitrogens is 6. The van der Waals surface area contributed by atoms with Crippen molar-refractivity contribution in [1.29, 1.82) is 5.26 Å². The molecule has 9 nitrogen and oxygen atoms in total. The Morgan fingerprint density at radius 2 is 1.88 bits per heavy atom. The van der Waals surface area contributed by atoms with Crippen LogP contribution in [0.3, 0.4) is 0 Å². The molecule has 1 unspecified atom stereocenters. The van der Waals surface area contributed by atoms with E-state index in [4.69, 9.17) is 9.72 Å². The summed E-state index contributed by atoms with van der Waals surface area (Å²) < 4.78 is 6.91. The highest BCUT2D eigenvalue weighted by Crippen LogP contribution is 2.43. The van der Waals surface area contributed by atoms with Crippen LogP contribution < -0.4 is 0 Å². The van der Waals surface area contributed by atoms with E-state index in [9.17, 15) is 10.1 Å². The molecular formula is C22H17N7O2S. The van der Waals surface area contributed by atoms with Crippen LogP contribution in [-0.2, 0) is 9.53 Å². The Morgan fingerprint density at radius 1 is 1.16 bits per heavy atom. The summed E-state index contributed by atoms with van der Waals surface area (Å²) in [4.78, 5) is 25.7. The molecule has 0 radical (unpaired) electrons. The van der Waals surface area contributed by atoms with E-state index in [0.717, 1.165) is 24.2 Å². The zero-order chi connectivity index (χ0) is 22.1. The molecule has 5 rings (SSSR count). The molecule has 1 saturated carbocycles. The third-order valence-electron chi connectivity index (χ3n) is 5.11. The van der Waals surface area contributed by atoms with E-state index >= 15 is 0 Å². The molecule has 0 saturated heterocycles. The maximum Gasteiger partial charge on any atom is 0.329 e. The first-order valence-electron chi connectivity index (χ1n) is 9.97. The minimum atomic E-state index is -1.20. The van der Waals surface area contributed by atoms with E-state index in [1.54, 1.807) is 18.5 Å². The summed E-state index contributed by atoms with van der Waals surface area (Å²) in [7, 11) is 1.25. The maximum absolute atomic E-state index is 12.3. The summed E-state index contributed by atoms with van der Waals surface area (Å²) in [6.45, 7) is 0. The first-order chi connectivity index (χ1) is 15.7. The fourth-order valence-corrected chi connectivity index (χ4v) is 4.40. The average molecular weight is 443 g/mol. The number of fused-ring (bicyclic) bond motifs is 1. The van der Waals surface area contributed by atoms with Gasteiger partial charge in [0.25, 0.3) is 0 Å². The van der Waals surface area contributed by atoms with E-state index in [-0.39, 0.29) is 5.69 Å². The van der Waals surface area contributed by atoms with Crippen LogP contribution in [0.2, 0.25) is 0 Å². The number of esters is 1. The van der Waals surface area contributed by atoms with Crippen molar-refractivity contribution < 1.29 is 9.53 Å². The van der Waals surface area contributed by atoms with Crippen molar-refractivity contribution in [3.63, 3.8) is 0 Å². The molecule has 0 spiro atoms. The number of hydrogen-bond acceptors (Lipinski definition) is 9. The standard InChI is InChI=1S/C22H17N7O2S/c1-31-21(30)15(12-23)18-20(26-17-5-3-2-4-16(17)25-18)32-22-28-27-19(29(22)14-6-7-14)13-8-10-24-11-9-13/h2-5,8-11,14-15H,6-7H2,1H3. The number of nitriles is 1. The van der Waals surface area contributed by atoms with Gasteiger partial charge in [-0.2, -0.15) is 5.26 Å². The third-order valence-corrected chi connectivity index (χ3v) is 6.06. The third kappa shape index (κ3) is 3.67. The lowest BCUT2D eigenvalue weighted by Gasteiger charge is -2.13. The number of ether oxygens (including phenoxy) is 1. The van der Waals surface area contributed by atoms with E-state index in [1.165, 1.54) is 18.9 Å². The average Bonchev–Trinajstić information content (AvgIpc) is 3.59. The molecule has 10 heteroatoms. The summed E-state index contributed by atoms with van der Waals surface area (Å²) >= 11 is 1.25. The van der Waals surface area contributed by atoms with Crippen molar-refractivity contribution in [1.82, 2.24) is 29.7 Å². The Hall–Kier alpha value is -3.84. The Morgan fingerprint density at radius 3 is 2.53 bits per heavy atom. The number of benzene rings is 1. The molecule has 0 bridgehead atoms. The van der Waals surface area contributed by atoms with Gasteiger partial charge >= 0.3 is 5.97 Å². The molecular weight excluding hydrogens is 426 g/mol. The van der Waals surface area contributed by atoms with E-state index < -0.39 is 11.9 Å². The van der Waals surface area contributed by atoms with Gasteiger partial charge in [-0.15, -0.1) is 10.2 Å². The van der Waals surface area contributed by atoms with Gasteiger partial charge in [0, 0.05) is 24.0 Å². The highest BCUT2D eigenvalue weighted by molar-refractivity contribution is 7.99. The molecule has 0 N–H and O–H groups in total. The van der Waals surface area contributed by atoms with Crippen LogP contribution in [0, 0.1) is 11.3 Å². The molecule has 0 amide bonds. The predicted molar refractivity (Wildman–Crippen MR) is 116 cm³/mol. The Bertz CT molecular complexity index is 1350. The van der Waals surface area contributed by atoms with Gasteiger partial charge in [0.05, 0.1) is 24.2 Å². The molecule has 4 aromatic rings. The van der Waals surface area contributed by atoms with Crippen LogP contribution in [0.25, 0.3) is 22.4 Å². The first-order valence-corrected chi connectivity index (χ1v) is 10.8. The zero-order valence-corrected chi connectivity index (χ0v) is 17.9. The first kappa shape index (κ1) is 20.1. The van der Waals surface area contributed by atoms with Crippen molar-refractivity contribution in [2.24, 2.45) is 0 Å². The summed E-state index contributed by atoms with van der Waals surface area (Å²) in [5, 5.41) is 19.6. The lowest BCUT2D eigenvalue weighted by atomic mass is 10.1. The highest BCUT2D eigenvalue weighted by atomic mass is 32.2. The molecule has 1 aromatic carbocycles. The molecule has 0 aliphatic heterocycles. The Labute approximate surface area is 187 Å². The fourth-order valence-electron chi connectivity index (χ4n) is 3.40. The molecule has 3 aromatic heterocycles. The monoisotopic (exact) mass is 443 g/mol. The molecule has 1 aliphatic carbocycles. The molecule has 1 fully saturated rings. The van der Waals surface area contributed by atoms with Crippen LogP contribution in [0.1, 0.15) is 30.5 Å². The van der Waals surface area contributed by atoms with Gasteiger partial charge in [-0.05, 0) is 48.9 Å². The van der Waals surface area contributed by atoms with Gasteiger partial charge in [-0.3, -0.25) is 14.3 Å². The number of hydrogen-bond donors (Lipinski definition) is 0. The second kappa shape index (κ2) is 8.36. The van der Waals surface area contributed by atoms with Gasteiger partial charge in [-0.25, -0.2) is 9.97 Å². The molecule has 32 heavy (non-hydrogen) atoms. The Kier molecular flexibility index (Phi) is 5.25. The Balaban J connectivity index is 1.63. The van der Waals surface area contributed by atoms with E-state index in [0.29, 0.717) is 27.3 Å². The van der Waals surface area contributed by atoms with Crippen LogP contribution in [0.15, 0.2) is 59.0 Å².